The summed E-state index contributed by atoms with van der Waals surface area (Å²) in [6.07, 6.45) is 1.16. The highest BCUT2D eigenvalue weighted by molar-refractivity contribution is 5.49. The average Bonchev–Trinajstić information content (AvgIpc) is 2.26. The number of hydrogen-bond donors (Lipinski definition) is 1. The van der Waals surface area contributed by atoms with Crippen molar-refractivity contribution in [2.45, 2.75) is 40.2 Å². The van der Waals surface area contributed by atoms with Crippen LogP contribution in [0.5, 0.6) is 0 Å². The standard InChI is InChI=1S/C13H24N4/c1-9(2)7-10(3)17(6)13-8-12(14-5)15-11(4)16-13/h8-10H,7H2,1-6H3,(H,14,15,16). The first-order valence-corrected chi connectivity index (χ1v) is 6.20. The highest BCUT2D eigenvalue weighted by atomic mass is 15.2. The largest absolute Gasteiger partial charge is 0.373 e. The first-order valence-electron chi connectivity index (χ1n) is 6.20. The summed E-state index contributed by atoms with van der Waals surface area (Å²) in [7, 11) is 3.97. The predicted molar refractivity (Wildman–Crippen MR) is 73.6 cm³/mol. The summed E-state index contributed by atoms with van der Waals surface area (Å²) in [6.45, 7) is 8.64. The first kappa shape index (κ1) is 13.7. The first-order chi connectivity index (χ1) is 7.93. The Labute approximate surface area is 104 Å². The van der Waals surface area contributed by atoms with Gasteiger partial charge in [0.1, 0.15) is 17.5 Å². The van der Waals surface area contributed by atoms with E-state index in [-0.39, 0.29) is 0 Å². The predicted octanol–water partition coefficient (Wildman–Crippen LogP) is 2.70. The Bertz CT molecular complexity index is 362. The monoisotopic (exact) mass is 236 g/mol. The molecular formula is C13H24N4. The van der Waals surface area contributed by atoms with Crippen LogP contribution in [0.25, 0.3) is 0 Å². The molecule has 0 aliphatic heterocycles. The van der Waals surface area contributed by atoms with E-state index in [4.69, 9.17) is 0 Å². The second-order valence-electron chi connectivity index (χ2n) is 5.00. The Hall–Kier alpha value is -1.32. The molecule has 0 spiro atoms. The van der Waals surface area contributed by atoms with Gasteiger partial charge in [0.2, 0.25) is 0 Å². The maximum absolute atomic E-state index is 4.48. The lowest BCUT2D eigenvalue weighted by molar-refractivity contribution is 0.502. The fourth-order valence-corrected chi connectivity index (χ4v) is 1.93. The summed E-state index contributed by atoms with van der Waals surface area (Å²) in [6, 6.07) is 2.47. The molecule has 1 heterocycles. The van der Waals surface area contributed by atoms with Gasteiger partial charge in [-0.15, -0.1) is 0 Å². The Morgan fingerprint density at radius 2 is 1.94 bits per heavy atom. The van der Waals surface area contributed by atoms with E-state index in [1.165, 1.54) is 0 Å². The van der Waals surface area contributed by atoms with E-state index < -0.39 is 0 Å². The van der Waals surface area contributed by atoms with Gasteiger partial charge in [0.15, 0.2) is 0 Å². The van der Waals surface area contributed by atoms with Crippen molar-refractivity contribution in [2.24, 2.45) is 5.92 Å². The molecule has 1 rings (SSSR count). The zero-order valence-electron chi connectivity index (χ0n) is 11.8. The van der Waals surface area contributed by atoms with E-state index in [0.29, 0.717) is 12.0 Å². The second kappa shape index (κ2) is 5.84. The maximum atomic E-state index is 4.48. The quantitative estimate of drug-likeness (QED) is 0.853. The van der Waals surface area contributed by atoms with E-state index in [0.717, 1.165) is 23.9 Å². The van der Waals surface area contributed by atoms with Gasteiger partial charge in [0, 0.05) is 26.2 Å². The van der Waals surface area contributed by atoms with Crippen molar-refractivity contribution < 1.29 is 0 Å². The van der Waals surface area contributed by atoms with Gasteiger partial charge in [-0.1, -0.05) is 13.8 Å². The molecule has 96 valence electrons. The van der Waals surface area contributed by atoms with E-state index in [2.05, 4.69) is 48.0 Å². The number of anilines is 2. The summed E-state index contributed by atoms with van der Waals surface area (Å²) >= 11 is 0. The summed E-state index contributed by atoms with van der Waals surface area (Å²) in [5, 5.41) is 3.06. The third kappa shape index (κ3) is 3.88. The number of nitrogens with zero attached hydrogens (tertiary/aromatic N) is 3. The number of aromatic nitrogens is 2. The highest BCUT2D eigenvalue weighted by Gasteiger charge is 2.14. The molecule has 0 aliphatic rings. The minimum Gasteiger partial charge on any atom is -0.373 e. The topological polar surface area (TPSA) is 41.0 Å². The Morgan fingerprint density at radius 3 is 2.47 bits per heavy atom. The van der Waals surface area contributed by atoms with Crippen molar-refractivity contribution in [3.8, 4) is 0 Å². The van der Waals surface area contributed by atoms with Gasteiger partial charge < -0.3 is 10.2 Å². The zero-order chi connectivity index (χ0) is 13.0. The number of rotatable bonds is 5. The maximum Gasteiger partial charge on any atom is 0.134 e. The van der Waals surface area contributed by atoms with E-state index in [1.54, 1.807) is 0 Å². The molecule has 0 aromatic carbocycles. The molecule has 1 aromatic rings. The molecule has 0 amide bonds. The normalized spacial score (nSPS) is 12.6. The van der Waals surface area contributed by atoms with Gasteiger partial charge in [0.05, 0.1) is 0 Å². The summed E-state index contributed by atoms with van der Waals surface area (Å²) in [5.74, 6) is 3.35. The average molecular weight is 236 g/mol. The Morgan fingerprint density at radius 1 is 1.29 bits per heavy atom. The van der Waals surface area contributed by atoms with Crippen LogP contribution < -0.4 is 10.2 Å². The third-order valence-electron chi connectivity index (χ3n) is 2.92. The van der Waals surface area contributed by atoms with Gasteiger partial charge in [-0.05, 0) is 26.2 Å². The lowest BCUT2D eigenvalue weighted by Crippen LogP contribution is -2.31. The van der Waals surface area contributed by atoms with Gasteiger partial charge in [-0.3, -0.25) is 0 Å². The minimum atomic E-state index is 0.481. The summed E-state index contributed by atoms with van der Waals surface area (Å²) in [4.78, 5) is 11.0. The molecule has 0 radical (unpaired) electrons. The molecule has 1 N–H and O–H groups in total. The molecule has 1 aromatic heterocycles. The molecule has 1 unspecified atom stereocenters. The van der Waals surface area contributed by atoms with E-state index in [9.17, 15) is 0 Å². The number of aryl methyl sites for hydroxylation is 1. The molecule has 17 heavy (non-hydrogen) atoms. The smallest absolute Gasteiger partial charge is 0.134 e. The van der Waals surface area contributed by atoms with Crippen molar-refractivity contribution in [1.29, 1.82) is 0 Å². The number of hydrogen-bond acceptors (Lipinski definition) is 4. The molecular weight excluding hydrogens is 212 g/mol. The number of nitrogens with one attached hydrogen (secondary N) is 1. The van der Waals surface area contributed by atoms with Crippen molar-refractivity contribution in [1.82, 2.24) is 9.97 Å². The van der Waals surface area contributed by atoms with E-state index in [1.807, 2.05) is 20.0 Å². The van der Waals surface area contributed by atoms with Crippen molar-refractivity contribution in [3.63, 3.8) is 0 Å². The van der Waals surface area contributed by atoms with Crippen LogP contribution in [-0.4, -0.2) is 30.1 Å². The van der Waals surface area contributed by atoms with Crippen LogP contribution in [0.3, 0.4) is 0 Å². The van der Waals surface area contributed by atoms with Gasteiger partial charge >= 0.3 is 0 Å². The lowest BCUT2D eigenvalue weighted by Gasteiger charge is -2.27. The molecule has 1 atom stereocenters. The van der Waals surface area contributed by atoms with Crippen molar-refractivity contribution >= 4 is 11.6 Å². The molecule has 0 saturated heterocycles. The summed E-state index contributed by atoms with van der Waals surface area (Å²) < 4.78 is 0. The zero-order valence-corrected chi connectivity index (χ0v) is 11.8. The molecule has 0 saturated carbocycles. The van der Waals surface area contributed by atoms with Crippen LogP contribution in [0.15, 0.2) is 6.07 Å². The van der Waals surface area contributed by atoms with Crippen LogP contribution in [0, 0.1) is 12.8 Å². The fraction of sp³-hybridized carbons (Fsp3) is 0.692. The van der Waals surface area contributed by atoms with Crippen LogP contribution in [0.1, 0.15) is 33.0 Å². The van der Waals surface area contributed by atoms with Gasteiger partial charge in [0.25, 0.3) is 0 Å². The Balaban J connectivity index is 2.87. The molecule has 0 bridgehead atoms. The van der Waals surface area contributed by atoms with Crippen LogP contribution in [-0.2, 0) is 0 Å². The molecule has 4 heteroatoms. The molecule has 0 fully saturated rings. The fourth-order valence-electron chi connectivity index (χ4n) is 1.93. The highest BCUT2D eigenvalue weighted by Crippen LogP contribution is 2.19. The SMILES string of the molecule is CNc1cc(N(C)C(C)CC(C)C)nc(C)n1. The van der Waals surface area contributed by atoms with Gasteiger partial charge in [-0.2, -0.15) is 0 Å². The van der Waals surface area contributed by atoms with Crippen LogP contribution in [0.2, 0.25) is 0 Å². The van der Waals surface area contributed by atoms with Crippen molar-refractivity contribution in [2.75, 3.05) is 24.3 Å². The second-order valence-corrected chi connectivity index (χ2v) is 5.00. The lowest BCUT2D eigenvalue weighted by atomic mass is 10.0. The van der Waals surface area contributed by atoms with E-state index >= 15 is 0 Å². The Kier molecular flexibility index (Phi) is 4.73. The summed E-state index contributed by atoms with van der Waals surface area (Å²) in [5.41, 5.74) is 0. The van der Waals surface area contributed by atoms with Gasteiger partial charge in [-0.25, -0.2) is 9.97 Å². The minimum absolute atomic E-state index is 0.481. The van der Waals surface area contributed by atoms with Crippen LogP contribution >= 0.6 is 0 Å². The molecule has 0 aliphatic carbocycles. The van der Waals surface area contributed by atoms with Crippen molar-refractivity contribution in [3.05, 3.63) is 11.9 Å². The third-order valence-corrected chi connectivity index (χ3v) is 2.92. The van der Waals surface area contributed by atoms with Crippen LogP contribution in [0.4, 0.5) is 11.6 Å². The molecule has 4 nitrogen and oxygen atoms in total.